The van der Waals surface area contributed by atoms with Gasteiger partial charge in [0.05, 0.1) is 17.4 Å². The minimum absolute atomic E-state index is 0.0751. The van der Waals surface area contributed by atoms with E-state index in [-0.39, 0.29) is 23.5 Å². The first kappa shape index (κ1) is 20.4. The molecule has 3 rings (SSSR count). The Morgan fingerprint density at radius 1 is 1.07 bits per heavy atom. The van der Waals surface area contributed by atoms with Crippen molar-refractivity contribution in [3.63, 3.8) is 0 Å². The SMILES string of the molecule is CC(C)n1nc(-c2cnc(NC(=O)C(C)(C)C)nc2-c2ccccc2)ccc1=O. The second-order valence-electron chi connectivity index (χ2n) is 8.12. The van der Waals surface area contributed by atoms with Gasteiger partial charge in [-0.3, -0.25) is 14.9 Å². The smallest absolute Gasteiger partial charge is 0.267 e. The number of benzene rings is 1. The van der Waals surface area contributed by atoms with Crippen LogP contribution in [-0.4, -0.2) is 25.7 Å². The fourth-order valence-electron chi connectivity index (χ4n) is 2.67. The summed E-state index contributed by atoms with van der Waals surface area (Å²) in [5.74, 6) is 0.0560. The summed E-state index contributed by atoms with van der Waals surface area (Å²) in [5.41, 5.74) is 2.03. The number of carbonyl (C=O) groups is 1. The third-order valence-corrected chi connectivity index (χ3v) is 4.33. The predicted octanol–water partition coefficient (Wildman–Crippen LogP) is 3.93. The van der Waals surface area contributed by atoms with Crippen molar-refractivity contribution in [2.75, 3.05) is 5.32 Å². The van der Waals surface area contributed by atoms with Crippen LogP contribution in [0.2, 0.25) is 0 Å². The average Bonchev–Trinajstić information content (AvgIpc) is 2.68. The van der Waals surface area contributed by atoms with Gasteiger partial charge >= 0.3 is 0 Å². The maximum atomic E-state index is 12.4. The van der Waals surface area contributed by atoms with Crippen molar-refractivity contribution in [2.24, 2.45) is 5.41 Å². The topological polar surface area (TPSA) is 89.8 Å². The summed E-state index contributed by atoms with van der Waals surface area (Å²) in [6.07, 6.45) is 1.63. The molecule has 0 bridgehead atoms. The van der Waals surface area contributed by atoms with Gasteiger partial charge in [0.15, 0.2) is 0 Å². The molecule has 2 heterocycles. The van der Waals surface area contributed by atoms with Crippen LogP contribution in [0.1, 0.15) is 40.7 Å². The number of hydrogen-bond donors (Lipinski definition) is 1. The molecule has 0 radical (unpaired) electrons. The molecule has 0 unspecified atom stereocenters. The molecule has 0 aliphatic carbocycles. The van der Waals surface area contributed by atoms with Crippen LogP contribution in [0, 0.1) is 5.41 Å². The van der Waals surface area contributed by atoms with Crippen molar-refractivity contribution in [3.05, 3.63) is 59.0 Å². The Balaban J connectivity index is 2.14. The number of hydrogen-bond acceptors (Lipinski definition) is 5. The van der Waals surface area contributed by atoms with E-state index in [0.29, 0.717) is 17.0 Å². The van der Waals surface area contributed by atoms with E-state index >= 15 is 0 Å². The van der Waals surface area contributed by atoms with E-state index in [1.165, 1.54) is 10.7 Å². The first-order chi connectivity index (χ1) is 13.7. The minimum atomic E-state index is -0.566. The highest BCUT2D eigenvalue weighted by Crippen LogP contribution is 2.29. The quantitative estimate of drug-likeness (QED) is 0.728. The van der Waals surface area contributed by atoms with E-state index < -0.39 is 5.41 Å². The van der Waals surface area contributed by atoms with Gasteiger partial charge in [0.2, 0.25) is 11.9 Å². The molecule has 7 heteroatoms. The van der Waals surface area contributed by atoms with Crippen molar-refractivity contribution >= 4 is 11.9 Å². The Kier molecular flexibility index (Phi) is 5.59. The molecule has 0 atom stereocenters. The highest BCUT2D eigenvalue weighted by Gasteiger charge is 2.23. The van der Waals surface area contributed by atoms with Gasteiger partial charge in [0.25, 0.3) is 5.56 Å². The molecule has 1 N–H and O–H groups in total. The molecule has 1 amide bonds. The van der Waals surface area contributed by atoms with Crippen molar-refractivity contribution in [2.45, 2.75) is 40.7 Å². The second-order valence-corrected chi connectivity index (χ2v) is 8.12. The molecule has 0 aliphatic rings. The Morgan fingerprint density at radius 3 is 2.38 bits per heavy atom. The van der Waals surface area contributed by atoms with Crippen molar-refractivity contribution in [1.29, 1.82) is 0 Å². The van der Waals surface area contributed by atoms with Gasteiger partial charge in [-0.25, -0.2) is 14.6 Å². The lowest BCUT2D eigenvalue weighted by Gasteiger charge is -2.18. The Bertz CT molecular complexity index is 1080. The van der Waals surface area contributed by atoms with Crippen LogP contribution >= 0.6 is 0 Å². The van der Waals surface area contributed by atoms with Gasteiger partial charge in [-0.15, -0.1) is 0 Å². The van der Waals surface area contributed by atoms with E-state index in [0.717, 1.165) is 5.56 Å². The van der Waals surface area contributed by atoms with Gasteiger partial charge in [0.1, 0.15) is 0 Å². The first-order valence-electron chi connectivity index (χ1n) is 9.51. The molecule has 0 aliphatic heterocycles. The third-order valence-electron chi connectivity index (χ3n) is 4.33. The third kappa shape index (κ3) is 4.56. The van der Waals surface area contributed by atoms with E-state index in [1.54, 1.807) is 12.3 Å². The lowest BCUT2D eigenvalue weighted by Crippen LogP contribution is -2.28. The van der Waals surface area contributed by atoms with Gasteiger partial charge < -0.3 is 0 Å². The van der Waals surface area contributed by atoms with Crippen LogP contribution in [0.3, 0.4) is 0 Å². The van der Waals surface area contributed by atoms with Crippen LogP contribution in [-0.2, 0) is 4.79 Å². The van der Waals surface area contributed by atoms with Crippen molar-refractivity contribution in [1.82, 2.24) is 19.7 Å². The number of amides is 1. The number of nitrogens with one attached hydrogen (secondary N) is 1. The van der Waals surface area contributed by atoms with Crippen LogP contribution in [0.5, 0.6) is 0 Å². The van der Waals surface area contributed by atoms with Crippen molar-refractivity contribution < 1.29 is 4.79 Å². The summed E-state index contributed by atoms with van der Waals surface area (Å²) >= 11 is 0. The molecule has 29 heavy (non-hydrogen) atoms. The monoisotopic (exact) mass is 391 g/mol. The zero-order valence-corrected chi connectivity index (χ0v) is 17.3. The summed E-state index contributed by atoms with van der Waals surface area (Å²) in [4.78, 5) is 33.4. The summed E-state index contributed by atoms with van der Waals surface area (Å²) < 4.78 is 1.43. The summed E-state index contributed by atoms with van der Waals surface area (Å²) in [7, 11) is 0. The highest BCUT2D eigenvalue weighted by atomic mass is 16.2. The Labute approximate surface area is 169 Å². The van der Waals surface area contributed by atoms with E-state index in [9.17, 15) is 9.59 Å². The standard InChI is InChI=1S/C22H25N5O2/c1-14(2)27-18(28)12-11-17(26-27)16-13-23-21(25-20(29)22(3,4)5)24-19(16)15-9-7-6-8-10-15/h6-14H,1-5H3,(H,23,24,25,29). The number of nitrogens with zero attached hydrogens (tertiary/aromatic N) is 4. The summed E-state index contributed by atoms with van der Waals surface area (Å²) in [5, 5.41) is 7.27. The van der Waals surface area contributed by atoms with Crippen LogP contribution in [0.15, 0.2) is 53.5 Å². The number of aromatic nitrogens is 4. The lowest BCUT2D eigenvalue weighted by atomic mass is 9.96. The molecular weight excluding hydrogens is 366 g/mol. The molecule has 150 valence electrons. The maximum absolute atomic E-state index is 12.4. The zero-order chi connectivity index (χ0) is 21.2. The summed E-state index contributed by atoms with van der Waals surface area (Å²) in [6, 6.07) is 12.7. The van der Waals surface area contributed by atoms with E-state index in [2.05, 4.69) is 20.4 Å². The van der Waals surface area contributed by atoms with Gasteiger partial charge in [-0.2, -0.15) is 5.10 Å². The second kappa shape index (κ2) is 7.95. The van der Waals surface area contributed by atoms with Gasteiger partial charge in [-0.05, 0) is 19.9 Å². The van der Waals surface area contributed by atoms with E-state index in [1.807, 2.05) is 65.0 Å². The average molecular weight is 391 g/mol. The molecular formula is C22H25N5O2. The van der Waals surface area contributed by atoms with Crippen LogP contribution in [0.4, 0.5) is 5.95 Å². The Morgan fingerprint density at radius 2 is 1.76 bits per heavy atom. The first-order valence-corrected chi connectivity index (χ1v) is 9.51. The number of anilines is 1. The highest BCUT2D eigenvalue weighted by molar-refractivity contribution is 5.93. The molecule has 2 aromatic heterocycles. The number of rotatable bonds is 4. The zero-order valence-electron chi connectivity index (χ0n) is 17.3. The number of carbonyl (C=O) groups excluding carboxylic acids is 1. The molecule has 0 saturated heterocycles. The Hall–Kier alpha value is -3.35. The summed E-state index contributed by atoms with van der Waals surface area (Å²) in [6.45, 7) is 9.28. The van der Waals surface area contributed by atoms with Crippen LogP contribution in [0.25, 0.3) is 22.5 Å². The van der Waals surface area contributed by atoms with E-state index in [4.69, 9.17) is 0 Å². The molecule has 1 aromatic carbocycles. The lowest BCUT2D eigenvalue weighted by molar-refractivity contribution is -0.123. The maximum Gasteiger partial charge on any atom is 0.267 e. The molecule has 7 nitrogen and oxygen atoms in total. The molecule has 3 aromatic rings. The fourth-order valence-corrected chi connectivity index (χ4v) is 2.67. The van der Waals surface area contributed by atoms with Gasteiger partial charge in [-0.1, -0.05) is 51.1 Å². The van der Waals surface area contributed by atoms with Crippen LogP contribution < -0.4 is 10.9 Å². The normalized spacial score (nSPS) is 11.5. The minimum Gasteiger partial charge on any atom is -0.294 e. The fraction of sp³-hybridized carbons (Fsp3) is 0.318. The van der Waals surface area contributed by atoms with Crippen molar-refractivity contribution in [3.8, 4) is 22.5 Å². The molecule has 0 fully saturated rings. The van der Waals surface area contributed by atoms with Gasteiger partial charge in [0, 0.05) is 28.8 Å². The largest absolute Gasteiger partial charge is 0.294 e. The molecule has 0 spiro atoms. The molecule has 0 saturated carbocycles. The predicted molar refractivity (Wildman–Crippen MR) is 113 cm³/mol.